The maximum atomic E-state index is 11.8. The van der Waals surface area contributed by atoms with Crippen molar-refractivity contribution < 1.29 is 14.5 Å². The van der Waals surface area contributed by atoms with Gasteiger partial charge in [0.2, 0.25) is 0 Å². The molecule has 0 aliphatic heterocycles. The Kier molecular flexibility index (Phi) is 4.32. The summed E-state index contributed by atoms with van der Waals surface area (Å²) in [6, 6.07) is 4.63. The van der Waals surface area contributed by atoms with Crippen LogP contribution in [0.3, 0.4) is 0 Å². The van der Waals surface area contributed by atoms with Crippen LogP contribution in [0.2, 0.25) is 0 Å². The van der Waals surface area contributed by atoms with Gasteiger partial charge in [-0.2, -0.15) is 5.10 Å². The Morgan fingerprint density at radius 3 is 2.81 bits per heavy atom. The molecule has 0 spiro atoms. The van der Waals surface area contributed by atoms with Gasteiger partial charge in [-0.1, -0.05) is 0 Å². The maximum Gasteiger partial charge on any atom is 0.341 e. The van der Waals surface area contributed by atoms with Crippen LogP contribution in [0.25, 0.3) is 0 Å². The molecule has 0 fully saturated rings. The van der Waals surface area contributed by atoms with Gasteiger partial charge in [-0.15, -0.1) is 0 Å². The SMILES string of the molecule is CCn1cc(C(=O)OCc2ccc([N+](=O)[O-])c(C)c2)cn1. The number of ether oxygens (including phenoxy) is 1. The highest BCUT2D eigenvalue weighted by Gasteiger charge is 2.13. The average molecular weight is 289 g/mol. The Balaban J connectivity index is 2.01. The number of hydrogen-bond acceptors (Lipinski definition) is 5. The highest BCUT2D eigenvalue weighted by Crippen LogP contribution is 2.19. The number of carbonyl (C=O) groups excluding carboxylic acids is 1. The number of esters is 1. The molecule has 0 saturated heterocycles. The molecule has 21 heavy (non-hydrogen) atoms. The van der Waals surface area contributed by atoms with E-state index in [-0.39, 0.29) is 12.3 Å². The van der Waals surface area contributed by atoms with Crippen molar-refractivity contribution in [2.24, 2.45) is 0 Å². The van der Waals surface area contributed by atoms with E-state index in [1.807, 2.05) is 6.92 Å². The van der Waals surface area contributed by atoms with Crippen molar-refractivity contribution in [3.8, 4) is 0 Å². The number of nitro benzene ring substituents is 1. The van der Waals surface area contributed by atoms with Crippen molar-refractivity contribution in [2.45, 2.75) is 27.0 Å². The van der Waals surface area contributed by atoms with Crippen molar-refractivity contribution in [3.63, 3.8) is 0 Å². The Labute approximate surface area is 121 Å². The minimum atomic E-state index is -0.467. The standard InChI is InChI=1S/C14H15N3O4/c1-3-16-8-12(7-15-16)14(18)21-9-11-4-5-13(17(19)20)10(2)6-11/h4-8H,3,9H2,1-2H3. The summed E-state index contributed by atoms with van der Waals surface area (Å²) in [5, 5.41) is 14.7. The van der Waals surface area contributed by atoms with Crippen LogP contribution in [0.1, 0.15) is 28.4 Å². The molecule has 0 N–H and O–H groups in total. The summed E-state index contributed by atoms with van der Waals surface area (Å²) in [4.78, 5) is 22.1. The molecule has 7 heteroatoms. The molecular formula is C14H15N3O4. The number of hydrogen-bond donors (Lipinski definition) is 0. The Bertz CT molecular complexity index is 679. The van der Waals surface area contributed by atoms with E-state index < -0.39 is 10.9 Å². The van der Waals surface area contributed by atoms with Gasteiger partial charge >= 0.3 is 5.97 Å². The van der Waals surface area contributed by atoms with Crippen LogP contribution in [0, 0.1) is 17.0 Å². The van der Waals surface area contributed by atoms with E-state index in [4.69, 9.17) is 4.74 Å². The van der Waals surface area contributed by atoms with E-state index in [0.29, 0.717) is 23.2 Å². The fraction of sp³-hybridized carbons (Fsp3) is 0.286. The van der Waals surface area contributed by atoms with Gasteiger partial charge in [-0.25, -0.2) is 4.79 Å². The molecule has 0 aliphatic carbocycles. The molecule has 1 heterocycles. The van der Waals surface area contributed by atoms with Gasteiger partial charge in [0.15, 0.2) is 0 Å². The van der Waals surface area contributed by atoms with E-state index >= 15 is 0 Å². The minimum absolute atomic E-state index is 0.0503. The monoisotopic (exact) mass is 289 g/mol. The largest absolute Gasteiger partial charge is 0.457 e. The Hall–Kier alpha value is -2.70. The van der Waals surface area contributed by atoms with Crippen LogP contribution in [-0.4, -0.2) is 20.7 Å². The first-order chi connectivity index (χ1) is 10.0. The maximum absolute atomic E-state index is 11.8. The van der Waals surface area contributed by atoms with Crippen molar-refractivity contribution in [1.82, 2.24) is 9.78 Å². The minimum Gasteiger partial charge on any atom is -0.457 e. The smallest absolute Gasteiger partial charge is 0.341 e. The second-order valence-corrected chi connectivity index (χ2v) is 4.54. The number of nitrogens with zero attached hydrogens (tertiary/aromatic N) is 3. The van der Waals surface area contributed by atoms with Crippen molar-refractivity contribution in [2.75, 3.05) is 0 Å². The van der Waals surface area contributed by atoms with Crippen LogP contribution in [-0.2, 0) is 17.9 Å². The molecule has 1 aromatic heterocycles. The van der Waals surface area contributed by atoms with Gasteiger partial charge in [0.05, 0.1) is 16.7 Å². The predicted molar refractivity (Wildman–Crippen MR) is 74.9 cm³/mol. The normalized spacial score (nSPS) is 10.4. The molecule has 0 saturated carbocycles. The third kappa shape index (κ3) is 3.44. The van der Waals surface area contributed by atoms with E-state index in [0.717, 1.165) is 0 Å². The lowest BCUT2D eigenvalue weighted by molar-refractivity contribution is -0.385. The summed E-state index contributed by atoms with van der Waals surface area (Å²) >= 11 is 0. The molecule has 1 aromatic carbocycles. The second kappa shape index (κ2) is 6.17. The van der Waals surface area contributed by atoms with Gasteiger partial charge in [-0.05, 0) is 31.5 Å². The zero-order valence-corrected chi connectivity index (χ0v) is 11.8. The first kappa shape index (κ1) is 14.7. The summed E-state index contributed by atoms with van der Waals surface area (Å²) in [5.41, 5.74) is 1.67. The summed E-state index contributed by atoms with van der Waals surface area (Å²) in [6.07, 6.45) is 3.07. The molecule has 7 nitrogen and oxygen atoms in total. The van der Waals surface area contributed by atoms with Gasteiger partial charge in [-0.3, -0.25) is 14.8 Å². The first-order valence-corrected chi connectivity index (χ1v) is 6.44. The quantitative estimate of drug-likeness (QED) is 0.479. The van der Waals surface area contributed by atoms with Crippen molar-refractivity contribution >= 4 is 11.7 Å². The molecule has 0 bridgehead atoms. The number of aromatic nitrogens is 2. The summed E-state index contributed by atoms with van der Waals surface area (Å²) < 4.78 is 6.80. The third-order valence-electron chi connectivity index (χ3n) is 3.02. The number of benzene rings is 1. The Morgan fingerprint density at radius 1 is 1.48 bits per heavy atom. The lowest BCUT2D eigenvalue weighted by atomic mass is 10.1. The van der Waals surface area contributed by atoms with Crippen LogP contribution < -0.4 is 0 Å². The van der Waals surface area contributed by atoms with Crippen LogP contribution in [0.5, 0.6) is 0 Å². The molecule has 0 unspecified atom stereocenters. The van der Waals surface area contributed by atoms with Crippen LogP contribution >= 0.6 is 0 Å². The molecule has 0 atom stereocenters. The number of nitro groups is 1. The highest BCUT2D eigenvalue weighted by molar-refractivity contribution is 5.88. The van der Waals surface area contributed by atoms with Gasteiger partial charge < -0.3 is 4.74 Å². The molecule has 0 aliphatic rings. The first-order valence-electron chi connectivity index (χ1n) is 6.44. The molecule has 110 valence electrons. The van der Waals surface area contributed by atoms with Crippen molar-refractivity contribution in [3.05, 3.63) is 57.4 Å². The fourth-order valence-corrected chi connectivity index (χ4v) is 1.89. The summed E-state index contributed by atoms with van der Waals surface area (Å²) in [7, 11) is 0. The molecule has 0 amide bonds. The van der Waals surface area contributed by atoms with Crippen molar-refractivity contribution in [1.29, 1.82) is 0 Å². The molecule has 2 rings (SSSR count). The third-order valence-corrected chi connectivity index (χ3v) is 3.02. The van der Waals surface area contributed by atoms with E-state index in [2.05, 4.69) is 5.10 Å². The lowest BCUT2D eigenvalue weighted by Crippen LogP contribution is -2.05. The van der Waals surface area contributed by atoms with Gasteiger partial charge in [0.1, 0.15) is 6.61 Å². The number of rotatable bonds is 5. The number of aryl methyl sites for hydroxylation is 2. The Morgan fingerprint density at radius 2 is 2.24 bits per heavy atom. The zero-order chi connectivity index (χ0) is 15.4. The zero-order valence-electron chi connectivity index (χ0n) is 11.8. The fourth-order valence-electron chi connectivity index (χ4n) is 1.89. The van der Waals surface area contributed by atoms with E-state index in [1.54, 1.807) is 29.9 Å². The topological polar surface area (TPSA) is 87.3 Å². The summed E-state index contributed by atoms with van der Waals surface area (Å²) in [5.74, 6) is -0.467. The van der Waals surface area contributed by atoms with Crippen LogP contribution in [0.4, 0.5) is 5.69 Å². The predicted octanol–water partition coefficient (Wildman–Crippen LogP) is 2.48. The summed E-state index contributed by atoms with van der Waals surface area (Å²) in [6.45, 7) is 4.31. The van der Waals surface area contributed by atoms with Crippen LogP contribution in [0.15, 0.2) is 30.6 Å². The van der Waals surface area contributed by atoms with Gasteiger partial charge in [0.25, 0.3) is 5.69 Å². The van der Waals surface area contributed by atoms with E-state index in [1.165, 1.54) is 12.3 Å². The van der Waals surface area contributed by atoms with E-state index in [9.17, 15) is 14.9 Å². The lowest BCUT2D eigenvalue weighted by Gasteiger charge is -2.05. The average Bonchev–Trinajstić information content (AvgIpc) is 2.93. The van der Waals surface area contributed by atoms with Gasteiger partial charge in [0, 0.05) is 24.4 Å². The second-order valence-electron chi connectivity index (χ2n) is 4.54. The molecular weight excluding hydrogens is 274 g/mol. The highest BCUT2D eigenvalue weighted by atomic mass is 16.6. The molecule has 0 radical (unpaired) electrons. The number of carbonyl (C=O) groups is 1. The molecule has 2 aromatic rings.